The zero-order chi connectivity index (χ0) is 8.86. The summed E-state index contributed by atoms with van der Waals surface area (Å²) in [5.74, 6) is 0. The molecule has 1 spiro atoms. The SMILES string of the molecule is C1CC2(CCN1)COC2.CCC. The highest BCUT2D eigenvalue weighted by molar-refractivity contribution is 4.89. The minimum absolute atomic E-state index is 0.616. The molecule has 2 heteroatoms. The van der Waals surface area contributed by atoms with Crippen LogP contribution in [0.25, 0.3) is 0 Å². The van der Waals surface area contributed by atoms with Crippen LogP contribution in [0.5, 0.6) is 0 Å². The highest BCUT2D eigenvalue weighted by atomic mass is 16.5. The van der Waals surface area contributed by atoms with Crippen molar-refractivity contribution in [1.82, 2.24) is 5.32 Å². The van der Waals surface area contributed by atoms with E-state index >= 15 is 0 Å². The van der Waals surface area contributed by atoms with Gasteiger partial charge in [-0.1, -0.05) is 20.3 Å². The Morgan fingerprint density at radius 3 is 1.92 bits per heavy atom. The Balaban J connectivity index is 0.000000213. The van der Waals surface area contributed by atoms with Gasteiger partial charge in [0.15, 0.2) is 0 Å². The van der Waals surface area contributed by atoms with Crippen LogP contribution in [0.15, 0.2) is 0 Å². The van der Waals surface area contributed by atoms with Crippen molar-refractivity contribution in [3.63, 3.8) is 0 Å². The maximum absolute atomic E-state index is 5.19. The summed E-state index contributed by atoms with van der Waals surface area (Å²) in [6, 6.07) is 0. The van der Waals surface area contributed by atoms with Crippen molar-refractivity contribution in [3.05, 3.63) is 0 Å². The zero-order valence-electron chi connectivity index (χ0n) is 8.36. The lowest BCUT2D eigenvalue weighted by molar-refractivity contribution is -0.127. The van der Waals surface area contributed by atoms with E-state index in [1.165, 1.54) is 32.4 Å². The molecular formula is C10H21NO. The smallest absolute Gasteiger partial charge is 0.0545 e. The van der Waals surface area contributed by atoms with Crippen molar-refractivity contribution in [2.75, 3.05) is 26.3 Å². The first-order valence-electron chi connectivity index (χ1n) is 5.11. The third-order valence-electron chi connectivity index (χ3n) is 2.48. The van der Waals surface area contributed by atoms with Gasteiger partial charge in [-0.15, -0.1) is 0 Å². The normalized spacial score (nSPS) is 25.5. The molecule has 12 heavy (non-hydrogen) atoms. The fourth-order valence-electron chi connectivity index (χ4n) is 1.64. The molecule has 0 aliphatic carbocycles. The number of hydrogen-bond donors (Lipinski definition) is 1. The number of rotatable bonds is 0. The van der Waals surface area contributed by atoms with Gasteiger partial charge in [0.05, 0.1) is 13.2 Å². The minimum Gasteiger partial charge on any atom is -0.380 e. The van der Waals surface area contributed by atoms with E-state index in [9.17, 15) is 0 Å². The fourth-order valence-corrected chi connectivity index (χ4v) is 1.64. The van der Waals surface area contributed by atoms with E-state index < -0.39 is 0 Å². The van der Waals surface area contributed by atoms with Gasteiger partial charge in [0.1, 0.15) is 0 Å². The molecule has 1 N–H and O–H groups in total. The van der Waals surface area contributed by atoms with E-state index in [2.05, 4.69) is 19.2 Å². The first-order chi connectivity index (χ1) is 5.83. The van der Waals surface area contributed by atoms with Crippen LogP contribution in [0.1, 0.15) is 33.1 Å². The summed E-state index contributed by atoms with van der Waals surface area (Å²) in [5, 5.41) is 3.35. The van der Waals surface area contributed by atoms with Gasteiger partial charge in [0.25, 0.3) is 0 Å². The lowest BCUT2D eigenvalue weighted by atomic mass is 9.77. The van der Waals surface area contributed by atoms with Crippen LogP contribution in [0.2, 0.25) is 0 Å². The number of piperidine rings is 1. The molecular weight excluding hydrogens is 150 g/mol. The molecule has 0 aromatic rings. The summed E-state index contributed by atoms with van der Waals surface area (Å²) >= 11 is 0. The van der Waals surface area contributed by atoms with Gasteiger partial charge >= 0.3 is 0 Å². The van der Waals surface area contributed by atoms with Crippen molar-refractivity contribution in [2.45, 2.75) is 33.1 Å². The standard InChI is InChI=1S/C7H13NO.C3H8/c1-3-8-4-2-7(1)5-9-6-7;1-3-2/h8H,1-6H2;3H2,1-2H3. The highest BCUT2D eigenvalue weighted by Gasteiger charge is 2.38. The molecule has 0 unspecified atom stereocenters. The number of nitrogens with one attached hydrogen (secondary N) is 1. The van der Waals surface area contributed by atoms with E-state index in [1.807, 2.05) is 0 Å². The van der Waals surface area contributed by atoms with Gasteiger partial charge in [0.2, 0.25) is 0 Å². The lowest BCUT2D eigenvalue weighted by Gasteiger charge is -2.44. The van der Waals surface area contributed by atoms with E-state index in [1.54, 1.807) is 0 Å². The molecule has 0 bridgehead atoms. The third-order valence-corrected chi connectivity index (χ3v) is 2.48. The zero-order valence-corrected chi connectivity index (χ0v) is 8.36. The van der Waals surface area contributed by atoms with E-state index in [0.29, 0.717) is 5.41 Å². The number of ether oxygens (including phenoxy) is 1. The van der Waals surface area contributed by atoms with Crippen molar-refractivity contribution < 1.29 is 4.74 Å². The molecule has 0 saturated carbocycles. The van der Waals surface area contributed by atoms with Gasteiger partial charge < -0.3 is 10.1 Å². The highest BCUT2D eigenvalue weighted by Crippen LogP contribution is 2.35. The first kappa shape index (κ1) is 10.0. The topological polar surface area (TPSA) is 21.3 Å². The van der Waals surface area contributed by atoms with Gasteiger partial charge in [0, 0.05) is 5.41 Å². The molecule has 2 saturated heterocycles. The monoisotopic (exact) mass is 171 g/mol. The Labute approximate surface area is 75.7 Å². The quantitative estimate of drug-likeness (QED) is 0.600. The summed E-state index contributed by atoms with van der Waals surface area (Å²) in [6.45, 7) is 8.69. The summed E-state index contributed by atoms with van der Waals surface area (Å²) in [5.41, 5.74) is 0.616. The molecule has 2 rings (SSSR count). The van der Waals surface area contributed by atoms with Crippen LogP contribution < -0.4 is 5.32 Å². The molecule has 0 radical (unpaired) electrons. The molecule has 72 valence electrons. The molecule has 2 aliphatic rings. The summed E-state index contributed by atoms with van der Waals surface area (Å²) in [4.78, 5) is 0. The van der Waals surface area contributed by atoms with Gasteiger partial charge in [-0.2, -0.15) is 0 Å². The largest absolute Gasteiger partial charge is 0.380 e. The Bertz CT molecular complexity index is 113. The van der Waals surface area contributed by atoms with E-state index in [0.717, 1.165) is 13.2 Å². The van der Waals surface area contributed by atoms with Crippen molar-refractivity contribution in [2.24, 2.45) is 5.41 Å². The Morgan fingerprint density at radius 2 is 1.67 bits per heavy atom. The second-order valence-corrected chi connectivity index (χ2v) is 3.95. The Kier molecular flexibility index (Phi) is 4.02. The van der Waals surface area contributed by atoms with Crippen LogP contribution in [-0.2, 0) is 4.74 Å². The Hall–Kier alpha value is -0.0800. The Morgan fingerprint density at radius 1 is 1.17 bits per heavy atom. The van der Waals surface area contributed by atoms with Crippen LogP contribution in [0.4, 0.5) is 0 Å². The third kappa shape index (κ3) is 2.46. The predicted octanol–water partition coefficient (Wildman–Crippen LogP) is 1.80. The number of hydrogen-bond acceptors (Lipinski definition) is 2. The predicted molar refractivity (Wildman–Crippen MR) is 51.3 cm³/mol. The first-order valence-corrected chi connectivity index (χ1v) is 5.11. The summed E-state index contributed by atoms with van der Waals surface area (Å²) in [6.07, 6.45) is 3.90. The maximum Gasteiger partial charge on any atom is 0.0545 e. The maximum atomic E-state index is 5.19. The second-order valence-electron chi connectivity index (χ2n) is 3.95. The minimum atomic E-state index is 0.616. The average Bonchev–Trinajstić information content (AvgIpc) is 2.05. The van der Waals surface area contributed by atoms with Crippen LogP contribution >= 0.6 is 0 Å². The van der Waals surface area contributed by atoms with Crippen LogP contribution in [0.3, 0.4) is 0 Å². The van der Waals surface area contributed by atoms with Crippen LogP contribution in [0, 0.1) is 5.41 Å². The molecule has 2 nitrogen and oxygen atoms in total. The molecule has 2 fully saturated rings. The van der Waals surface area contributed by atoms with E-state index in [-0.39, 0.29) is 0 Å². The van der Waals surface area contributed by atoms with Crippen LogP contribution in [-0.4, -0.2) is 26.3 Å². The van der Waals surface area contributed by atoms with Gasteiger partial charge in [-0.25, -0.2) is 0 Å². The fraction of sp³-hybridized carbons (Fsp3) is 1.00. The van der Waals surface area contributed by atoms with Gasteiger partial charge in [-0.3, -0.25) is 0 Å². The van der Waals surface area contributed by atoms with Crippen molar-refractivity contribution in [3.8, 4) is 0 Å². The summed E-state index contributed by atoms with van der Waals surface area (Å²) < 4.78 is 5.19. The van der Waals surface area contributed by atoms with E-state index in [4.69, 9.17) is 4.74 Å². The van der Waals surface area contributed by atoms with Crippen molar-refractivity contribution >= 4 is 0 Å². The molecule has 2 heterocycles. The van der Waals surface area contributed by atoms with Gasteiger partial charge in [-0.05, 0) is 25.9 Å². The second kappa shape index (κ2) is 4.83. The average molecular weight is 171 g/mol. The summed E-state index contributed by atoms with van der Waals surface area (Å²) in [7, 11) is 0. The molecule has 0 atom stereocenters. The molecule has 0 amide bonds. The lowest BCUT2D eigenvalue weighted by Crippen LogP contribution is -2.49. The molecule has 0 aromatic heterocycles. The molecule has 2 aliphatic heterocycles. The van der Waals surface area contributed by atoms with Crippen molar-refractivity contribution in [1.29, 1.82) is 0 Å². The molecule has 0 aromatic carbocycles.